The molecule has 1 unspecified atom stereocenters. The maximum Gasteiger partial charge on any atom is 0.319 e. The van der Waals surface area contributed by atoms with Gasteiger partial charge in [0.2, 0.25) is 0 Å². The Hall–Kier alpha value is -3.49. The number of hydrogen-bond donors (Lipinski definition) is 3. The molecule has 2 aromatic heterocycles. The molecule has 13 heteroatoms. The van der Waals surface area contributed by atoms with E-state index in [0.29, 0.717) is 48.4 Å². The van der Waals surface area contributed by atoms with E-state index < -0.39 is 21.6 Å². The highest BCUT2D eigenvalue weighted by Gasteiger charge is 2.46. The molecule has 11 nitrogen and oxygen atoms in total. The largest absolute Gasteiger partial charge is 0.461 e. The monoisotopic (exact) mass is 633 g/mol. The maximum absolute atomic E-state index is 16.8. The van der Waals surface area contributed by atoms with E-state index in [1.54, 1.807) is 12.3 Å². The van der Waals surface area contributed by atoms with Gasteiger partial charge in [-0.15, -0.1) is 0 Å². The summed E-state index contributed by atoms with van der Waals surface area (Å²) in [7, 11) is -3.58. The molecule has 2 aromatic carbocycles. The summed E-state index contributed by atoms with van der Waals surface area (Å²) < 4.78 is 53.1. The van der Waals surface area contributed by atoms with E-state index in [2.05, 4.69) is 24.3 Å². The van der Waals surface area contributed by atoms with Crippen LogP contribution in [0, 0.1) is 5.82 Å². The Morgan fingerprint density at radius 2 is 1.80 bits per heavy atom. The maximum atomic E-state index is 16.8. The van der Waals surface area contributed by atoms with Crippen molar-refractivity contribution in [1.82, 2.24) is 29.3 Å². The second-order valence-electron chi connectivity index (χ2n) is 12.9. The Morgan fingerprint density at radius 3 is 2.56 bits per heavy atom. The van der Waals surface area contributed by atoms with E-state index >= 15 is 4.39 Å². The van der Waals surface area contributed by atoms with Gasteiger partial charge in [-0.2, -0.15) is 23.1 Å². The molecule has 1 atom stereocenters. The number of nitrogens with one attached hydrogen (secondary N) is 2. The quantitative estimate of drug-likeness (QED) is 0.293. The zero-order valence-corrected chi connectivity index (χ0v) is 25.7. The van der Waals surface area contributed by atoms with E-state index in [1.807, 2.05) is 35.2 Å². The summed E-state index contributed by atoms with van der Waals surface area (Å²) >= 11 is 0. The average molecular weight is 634 g/mol. The third-order valence-electron chi connectivity index (χ3n) is 10.2. The summed E-state index contributed by atoms with van der Waals surface area (Å²) in [5, 5.41) is 12.1. The Labute approximate surface area is 261 Å². The van der Waals surface area contributed by atoms with Crippen LogP contribution in [0.25, 0.3) is 32.9 Å². The van der Waals surface area contributed by atoms with E-state index in [1.165, 1.54) is 0 Å². The van der Waals surface area contributed by atoms with Crippen molar-refractivity contribution in [3.05, 3.63) is 54.0 Å². The molecule has 0 aliphatic carbocycles. The average Bonchev–Trinajstić information content (AvgIpc) is 3.71. The molecule has 4 aliphatic heterocycles. The summed E-state index contributed by atoms with van der Waals surface area (Å²) in [6, 6.07) is 11.3. The number of halogens is 1. The SMILES string of the molecule is O=S1(=O)NCC2(CCCN(c3nc(OCC45CCCN4CCC5)nc4c(F)c(-c5cccc6cccc(CO)c56)ncc34)C2)N1. The van der Waals surface area contributed by atoms with Crippen molar-refractivity contribution in [3.8, 4) is 17.3 Å². The smallest absolute Gasteiger partial charge is 0.319 e. The van der Waals surface area contributed by atoms with Crippen molar-refractivity contribution in [2.75, 3.05) is 44.2 Å². The fourth-order valence-corrected chi connectivity index (χ4v) is 9.40. The minimum absolute atomic E-state index is 0.0486. The topological polar surface area (TPSA) is 133 Å². The van der Waals surface area contributed by atoms with E-state index in [0.717, 1.165) is 56.0 Å². The fraction of sp³-hybridized carbons (Fsp3) is 0.469. The molecule has 8 rings (SSSR count). The third kappa shape index (κ3) is 4.92. The first-order chi connectivity index (χ1) is 21.8. The molecule has 0 amide bonds. The first kappa shape index (κ1) is 28.9. The van der Waals surface area contributed by atoms with Crippen molar-refractivity contribution in [1.29, 1.82) is 0 Å². The standard InChI is InChI=1S/C32H36FN7O4S/c33-26-27(23-9-2-7-21-6-1-8-22(17-41)25(21)23)34-16-24-28(26)36-30(44-20-32-11-4-14-40(32)15-5-12-32)37-29(24)39-13-3-10-31(19-39)18-35-45(42,43)38-31/h1-2,6-9,16,35,38,41H,3-5,10-15,17-20H2. The molecule has 0 bridgehead atoms. The van der Waals surface area contributed by atoms with Gasteiger partial charge < -0.3 is 14.7 Å². The van der Waals surface area contributed by atoms with E-state index in [-0.39, 0.29) is 35.9 Å². The second-order valence-corrected chi connectivity index (χ2v) is 14.4. The number of pyridine rings is 1. The highest BCUT2D eigenvalue weighted by atomic mass is 32.2. The van der Waals surface area contributed by atoms with Crippen molar-refractivity contribution >= 4 is 37.7 Å². The number of benzene rings is 2. The lowest BCUT2D eigenvalue weighted by Crippen LogP contribution is -2.56. The second kappa shape index (κ2) is 10.8. The number of aliphatic hydroxyl groups excluding tert-OH is 1. The van der Waals surface area contributed by atoms with Gasteiger partial charge in [0.25, 0.3) is 10.2 Å². The van der Waals surface area contributed by atoms with Crippen LogP contribution in [0.2, 0.25) is 0 Å². The van der Waals surface area contributed by atoms with Crippen LogP contribution in [-0.2, 0) is 16.8 Å². The van der Waals surface area contributed by atoms with Crippen molar-refractivity contribution in [2.24, 2.45) is 0 Å². The van der Waals surface area contributed by atoms with Gasteiger partial charge in [0.1, 0.15) is 23.6 Å². The number of nitrogens with zero attached hydrogens (tertiary/aromatic N) is 5. The molecule has 4 aromatic rings. The van der Waals surface area contributed by atoms with Crippen LogP contribution in [-0.4, -0.2) is 83.8 Å². The number of anilines is 1. The lowest BCUT2D eigenvalue weighted by atomic mass is 9.90. The van der Waals surface area contributed by atoms with Crippen molar-refractivity contribution in [3.63, 3.8) is 0 Å². The molecule has 0 radical (unpaired) electrons. The van der Waals surface area contributed by atoms with Crippen LogP contribution in [0.5, 0.6) is 6.01 Å². The normalized spacial score (nSPS) is 24.2. The number of hydrogen-bond acceptors (Lipinski definition) is 9. The molecule has 4 aliphatic rings. The van der Waals surface area contributed by atoms with Gasteiger partial charge in [-0.25, -0.2) is 9.11 Å². The minimum atomic E-state index is -3.58. The minimum Gasteiger partial charge on any atom is -0.461 e. The number of fused-ring (bicyclic) bond motifs is 3. The van der Waals surface area contributed by atoms with Gasteiger partial charge in [-0.3, -0.25) is 9.88 Å². The molecule has 0 saturated carbocycles. The Morgan fingerprint density at radius 1 is 1.02 bits per heavy atom. The zero-order valence-electron chi connectivity index (χ0n) is 24.9. The summed E-state index contributed by atoms with van der Waals surface area (Å²) in [5.74, 6) is -0.128. The Bertz CT molecular complexity index is 1910. The highest BCUT2D eigenvalue weighted by molar-refractivity contribution is 7.87. The number of rotatable bonds is 6. The van der Waals surface area contributed by atoms with Gasteiger partial charge >= 0.3 is 6.01 Å². The first-order valence-electron chi connectivity index (χ1n) is 15.7. The molecular formula is C32H36FN7O4S. The fourth-order valence-electron chi connectivity index (χ4n) is 8.05. The molecule has 4 saturated heterocycles. The molecule has 6 heterocycles. The van der Waals surface area contributed by atoms with Crippen LogP contribution in [0.15, 0.2) is 42.6 Å². The van der Waals surface area contributed by atoms with Crippen molar-refractivity contribution in [2.45, 2.75) is 56.2 Å². The molecule has 3 N–H and O–H groups in total. The van der Waals surface area contributed by atoms with Gasteiger partial charge in [-0.1, -0.05) is 36.4 Å². The summed E-state index contributed by atoms with van der Waals surface area (Å²) in [6.45, 7) is 3.57. The third-order valence-corrected chi connectivity index (χ3v) is 11.4. The molecule has 236 valence electrons. The lowest BCUT2D eigenvalue weighted by molar-refractivity contribution is 0.108. The van der Waals surface area contributed by atoms with Crippen LogP contribution in [0.3, 0.4) is 0 Å². The predicted molar refractivity (Wildman–Crippen MR) is 169 cm³/mol. The lowest BCUT2D eigenvalue weighted by Gasteiger charge is -2.40. The number of aromatic nitrogens is 3. The van der Waals surface area contributed by atoms with Crippen LogP contribution in [0.4, 0.5) is 10.2 Å². The molecular weight excluding hydrogens is 597 g/mol. The van der Waals surface area contributed by atoms with Gasteiger partial charge in [-0.05, 0) is 68.0 Å². The van der Waals surface area contributed by atoms with Gasteiger partial charge in [0.15, 0.2) is 5.82 Å². The number of aliphatic hydroxyl groups is 1. The van der Waals surface area contributed by atoms with Crippen LogP contribution in [0.1, 0.15) is 44.1 Å². The molecule has 45 heavy (non-hydrogen) atoms. The van der Waals surface area contributed by atoms with Crippen LogP contribution >= 0.6 is 0 Å². The van der Waals surface area contributed by atoms with Crippen LogP contribution < -0.4 is 19.1 Å². The Balaban J connectivity index is 1.25. The molecule has 4 fully saturated rings. The predicted octanol–water partition coefficient (Wildman–Crippen LogP) is 3.26. The van der Waals surface area contributed by atoms with Gasteiger partial charge in [0, 0.05) is 31.4 Å². The molecule has 1 spiro atoms. The summed E-state index contributed by atoms with van der Waals surface area (Å²) in [5.41, 5.74) is 0.721. The first-order valence-corrected chi connectivity index (χ1v) is 17.2. The van der Waals surface area contributed by atoms with E-state index in [9.17, 15) is 13.5 Å². The summed E-state index contributed by atoms with van der Waals surface area (Å²) in [4.78, 5) is 18.6. The number of piperidine rings is 1. The Kier molecular flexibility index (Phi) is 6.95. The zero-order chi connectivity index (χ0) is 30.8. The van der Waals surface area contributed by atoms with E-state index in [4.69, 9.17) is 9.72 Å². The highest BCUT2D eigenvalue weighted by Crippen LogP contribution is 2.40. The van der Waals surface area contributed by atoms with Gasteiger partial charge in [0.05, 0.1) is 23.1 Å². The number of ether oxygens (including phenoxy) is 1. The van der Waals surface area contributed by atoms with Crippen molar-refractivity contribution < 1.29 is 22.7 Å². The summed E-state index contributed by atoms with van der Waals surface area (Å²) in [6.07, 6.45) is 7.33.